The molecule has 0 spiro atoms. The second kappa shape index (κ2) is 41.5. The molecule has 2 atom stereocenters. The molecule has 25 aromatic rings. The molecule has 6 nitrogen and oxygen atoms in total. The van der Waals surface area contributed by atoms with Gasteiger partial charge in [0.25, 0.3) is 0 Å². The second-order valence-corrected chi connectivity index (χ2v) is 41.9. The molecule has 0 saturated heterocycles. The van der Waals surface area contributed by atoms with Crippen LogP contribution in [0.15, 0.2) is 479 Å². The fourth-order valence-corrected chi connectivity index (χ4v) is 23.5. The van der Waals surface area contributed by atoms with Crippen molar-refractivity contribution in [1.29, 1.82) is 0 Å². The zero-order valence-electron chi connectivity index (χ0n) is 82.8. The number of para-hydroxylation sites is 1. The topological polar surface area (TPSA) is 82.4 Å². The summed E-state index contributed by atoms with van der Waals surface area (Å²) < 4.78 is 5.37. The Morgan fingerprint density at radius 2 is 0.664 bits per heavy atom. The third kappa shape index (κ3) is 18.9. The van der Waals surface area contributed by atoms with Gasteiger partial charge in [-0.3, -0.25) is 4.98 Å². The van der Waals surface area contributed by atoms with Crippen LogP contribution in [0.2, 0.25) is 0 Å². The van der Waals surface area contributed by atoms with Crippen LogP contribution in [0.1, 0.15) is 81.6 Å². The number of aliphatic hydroxyl groups excluding tert-OH is 2. The minimum Gasteiger partial charge on any atom is -0.392 e. The number of hydrogen-bond acceptors (Lipinski definition) is 8. The van der Waals surface area contributed by atoms with E-state index in [4.69, 9.17) is 4.98 Å². The maximum atomic E-state index is 9.76. The summed E-state index contributed by atoms with van der Waals surface area (Å²) in [7, 11) is 0. The van der Waals surface area contributed by atoms with Gasteiger partial charge in [-0.1, -0.05) is 412 Å². The Kier molecular flexibility index (Phi) is 27.4. The standard InChI is InChI=1S/C43H31N.C36H22S.C35H21NS.C12H11N2.C11H24O2.Ir/c1-4-14-32(15-5-1)33-24-28-37(29-25-33)44(36-18-8-3-9-19-36)38-30-26-35(27-31-38)43(34-16-6-2-7-17-34)41-22-12-10-20-39(41)40-21-11-13-23-42(40)43;1-2-13-29-27(11-1)28-12-3-4-14-30(28)34-22-24(19-20-31(29)34)23-9-7-10-25(21-23)26-16-8-17-33-32-15-5-6-18-35(32)37-36(26)33;1-2-13-27-25(11-1)26-12-3-4-15-29(26)34-30(27)19-20-32(36-34)23-10-7-9-22(21-23)24-16-8-17-31-28-14-5-6-18-33(28)37-35(24)31;1-9-8-13-12(10(2)14-9)11-6-4-3-5-7-11;1-10(2,3)8(12)7-9(13)11(4,5)6;/h1-31H;1-22H;1-21H;3-6,8H,1-2H3;8-9,12-13H,7H2,1-6H3;/q;;;-1;;. The Morgan fingerprint density at radius 3 is 1.18 bits per heavy atom. The molecule has 0 saturated carbocycles. The van der Waals surface area contributed by atoms with Crippen molar-refractivity contribution in [2.24, 2.45) is 10.8 Å². The monoisotopic (exact) mass is 2100 g/mol. The molecule has 146 heavy (non-hydrogen) atoms. The summed E-state index contributed by atoms with van der Waals surface area (Å²) in [5, 5.41) is 38.9. The minimum atomic E-state index is -0.443. The van der Waals surface area contributed by atoms with Crippen LogP contribution in [0.5, 0.6) is 0 Å². The summed E-state index contributed by atoms with van der Waals surface area (Å²) >= 11 is 3.76. The predicted octanol–water partition coefficient (Wildman–Crippen LogP) is 37.0. The number of fused-ring (bicyclic) bond motifs is 21. The average molecular weight is 2100 g/mol. The van der Waals surface area contributed by atoms with E-state index < -0.39 is 17.6 Å². The summed E-state index contributed by atoms with van der Waals surface area (Å²) in [6.07, 6.45) is 1.35. The Morgan fingerprint density at radius 1 is 0.301 bits per heavy atom. The van der Waals surface area contributed by atoms with Crippen LogP contribution in [0.3, 0.4) is 0 Å². The number of aliphatic hydroxyl groups is 2. The molecule has 4 aromatic heterocycles. The van der Waals surface area contributed by atoms with Crippen molar-refractivity contribution in [2.75, 3.05) is 4.90 Å². The van der Waals surface area contributed by atoms with Gasteiger partial charge >= 0.3 is 0 Å². The van der Waals surface area contributed by atoms with Gasteiger partial charge in [0.15, 0.2) is 0 Å². The van der Waals surface area contributed by atoms with E-state index in [1.807, 2.05) is 102 Å². The number of thiophene rings is 2. The van der Waals surface area contributed by atoms with Gasteiger partial charge in [-0.05, 0) is 230 Å². The van der Waals surface area contributed by atoms with Gasteiger partial charge in [-0.15, -0.1) is 58.6 Å². The number of pyridine rings is 1. The summed E-state index contributed by atoms with van der Waals surface area (Å²) in [5.41, 5.74) is 27.5. The number of rotatable bonds is 13. The van der Waals surface area contributed by atoms with Crippen LogP contribution in [-0.4, -0.2) is 37.4 Å². The largest absolute Gasteiger partial charge is 0.392 e. The number of aryl methyl sites for hydroxylation is 2. The molecule has 9 heteroatoms. The van der Waals surface area contributed by atoms with Crippen LogP contribution in [0.25, 0.3) is 183 Å². The normalized spacial score (nSPS) is 12.4. The summed E-state index contributed by atoms with van der Waals surface area (Å²) in [6, 6.07) is 174. The van der Waals surface area contributed by atoms with Crippen LogP contribution in [0.4, 0.5) is 17.1 Å². The van der Waals surface area contributed by atoms with Gasteiger partial charge in [0.2, 0.25) is 0 Å². The predicted molar refractivity (Wildman–Crippen MR) is 618 cm³/mol. The molecule has 2 N–H and O–H groups in total. The minimum absolute atomic E-state index is 0. The molecule has 1 aliphatic rings. The first-order chi connectivity index (χ1) is 70.9. The van der Waals surface area contributed by atoms with Crippen molar-refractivity contribution < 1.29 is 30.3 Å². The number of nitrogens with zero attached hydrogens (tertiary/aromatic N) is 4. The van der Waals surface area contributed by atoms with Gasteiger partial charge in [-0.2, -0.15) is 0 Å². The van der Waals surface area contributed by atoms with Crippen LogP contribution in [0, 0.1) is 30.7 Å². The van der Waals surface area contributed by atoms with Gasteiger partial charge in [0.05, 0.1) is 34.5 Å². The maximum absolute atomic E-state index is 9.76. The first-order valence-electron chi connectivity index (χ1n) is 49.9. The maximum Gasteiger partial charge on any atom is 0.0794 e. The second-order valence-electron chi connectivity index (χ2n) is 39.8. The Bertz CT molecular complexity index is 8620. The zero-order valence-corrected chi connectivity index (χ0v) is 86.8. The number of benzene rings is 21. The molecule has 711 valence electrons. The fraction of sp³-hybridized carbons (Fsp3) is 0.102. The molecule has 21 aromatic carbocycles. The molecule has 0 aliphatic heterocycles. The van der Waals surface area contributed by atoms with Crippen molar-refractivity contribution >= 4 is 145 Å². The quantitative estimate of drug-likeness (QED) is 0.0884. The molecule has 26 rings (SSSR count). The van der Waals surface area contributed by atoms with Crippen LogP contribution >= 0.6 is 22.7 Å². The molecule has 0 fully saturated rings. The van der Waals surface area contributed by atoms with Gasteiger partial charge in [-0.25, -0.2) is 4.98 Å². The Hall–Kier alpha value is -15.8. The third-order valence-electron chi connectivity index (χ3n) is 28.6. The van der Waals surface area contributed by atoms with Crippen LogP contribution in [-0.2, 0) is 25.5 Å². The first-order valence-corrected chi connectivity index (χ1v) is 51.5. The van der Waals surface area contributed by atoms with E-state index in [2.05, 4.69) is 470 Å². The molecule has 0 amide bonds. The van der Waals surface area contributed by atoms with Gasteiger partial charge in [0.1, 0.15) is 0 Å². The van der Waals surface area contributed by atoms with Crippen molar-refractivity contribution in [3.8, 4) is 78.1 Å². The number of hydrogen-bond donors (Lipinski definition) is 2. The van der Waals surface area contributed by atoms with Crippen LogP contribution < -0.4 is 4.90 Å². The van der Waals surface area contributed by atoms with Crippen molar-refractivity contribution in [3.63, 3.8) is 0 Å². The van der Waals surface area contributed by atoms with Gasteiger partial charge in [0, 0.05) is 118 Å². The van der Waals surface area contributed by atoms with E-state index in [-0.39, 0.29) is 30.9 Å². The molecular weight excluding hydrogens is 1990 g/mol. The summed E-state index contributed by atoms with van der Waals surface area (Å²) in [6.45, 7) is 15.8. The number of aromatic nitrogens is 3. The van der Waals surface area contributed by atoms with Crippen molar-refractivity contribution in [2.45, 2.75) is 79.4 Å². The van der Waals surface area contributed by atoms with Crippen molar-refractivity contribution in [3.05, 3.63) is 519 Å². The van der Waals surface area contributed by atoms with E-state index >= 15 is 0 Å². The average Bonchev–Trinajstić information content (AvgIpc) is 1.54. The Labute approximate surface area is 875 Å². The zero-order chi connectivity index (χ0) is 98.9. The van der Waals surface area contributed by atoms with E-state index in [1.54, 1.807) is 6.20 Å². The molecule has 1 aliphatic carbocycles. The van der Waals surface area contributed by atoms with E-state index in [1.165, 1.54) is 177 Å². The van der Waals surface area contributed by atoms with Gasteiger partial charge < -0.3 is 20.1 Å². The van der Waals surface area contributed by atoms with E-state index in [0.717, 1.165) is 56.5 Å². The third-order valence-corrected chi connectivity index (χ3v) is 31.0. The smallest absolute Gasteiger partial charge is 0.0794 e. The molecule has 2 unspecified atom stereocenters. The molecular formula is C137H109IrN4O2S2-. The summed E-state index contributed by atoms with van der Waals surface area (Å²) in [5.74, 6) is 0. The molecule has 0 bridgehead atoms. The first kappa shape index (κ1) is 96.4. The van der Waals surface area contributed by atoms with E-state index in [9.17, 15) is 10.2 Å². The van der Waals surface area contributed by atoms with Crippen molar-refractivity contribution in [1.82, 2.24) is 15.0 Å². The molecule has 1 radical (unpaired) electrons. The fourth-order valence-electron chi connectivity index (χ4n) is 21.0. The Balaban J connectivity index is 0.000000114. The summed E-state index contributed by atoms with van der Waals surface area (Å²) in [4.78, 5) is 16.3. The number of anilines is 3. The SMILES string of the molecule is CC(C)(C)C(O)CC(O)C(C)(C)C.Cc1cnc(-c2[c-]cccc2)c(C)n1.[Ir].c1cc(-c2ccc3c4ccccc4c4ccccc4c3c2)cc(-c2cccc3c2sc2ccccc23)c1.c1cc(-c2ccc3c4ccccc4c4ccccc4c3n2)cc(-c2cccc3c2sc2ccccc23)c1.c1ccc(-c2ccc(N(c3ccccc3)c3ccc(C4(c5ccccc5)c5ccccc5-c5ccccc54)cc3)cc2)cc1. The molecule has 4 heterocycles. The van der Waals surface area contributed by atoms with E-state index in [0.29, 0.717) is 6.42 Å².